The Labute approximate surface area is 143 Å². The van der Waals surface area contributed by atoms with Gasteiger partial charge >= 0.3 is 5.69 Å². The number of aromatic nitrogens is 3. The molecule has 1 aromatic heterocycles. The normalized spacial score (nSPS) is 16.6. The van der Waals surface area contributed by atoms with E-state index in [2.05, 4.69) is 10.4 Å². The third kappa shape index (κ3) is 3.47. The minimum Gasteiger partial charge on any atom is -0.345 e. The van der Waals surface area contributed by atoms with Crippen LogP contribution in [0.2, 0.25) is 0 Å². The van der Waals surface area contributed by atoms with Crippen molar-refractivity contribution < 1.29 is 13.6 Å². The minimum absolute atomic E-state index is 0.246. The van der Waals surface area contributed by atoms with Crippen molar-refractivity contribution in [2.75, 3.05) is 0 Å². The first kappa shape index (κ1) is 17.3. The average molecular weight is 350 g/mol. The molecule has 0 aliphatic heterocycles. The lowest BCUT2D eigenvalue weighted by Crippen LogP contribution is -2.49. The third-order valence-corrected chi connectivity index (χ3v) is 4.71. The van der Waals surface area contributed by atoms with Gasteiger partial charge in [0.2, 0.25) is 5.91 Å². The Kier molecular flexibility index (Phi) is 4.69. The SMILES string of the molecule is Cn1cnn(CC(=O)NC2(c3ccc(F)cc3F)CCCCC2)c1=O. The predicted molar refractivity (Wildman–Crippen MR) is 86.7 cm³/mol. The summed E-state index contributed by atoms with van der Waals surface area (Å²) in [5.41, 5.74) is -0.998. The van der Waals surface area contributed by atoms with Crippen molar-refractivity contribution >= 4 is 5.91 Å². The first-order valence-corrected chi connectivity index (χ1v) is 8.26. The van der Waals surface area contributed by atoms with Crippen LogP contribution in [0.4, 0.5) is 8.78 Å². The average Bonchev–Trinajstić information content (AvgIpc) is 2.87. The van der Waals surface area contributed by atoms with E-state index in [4.69, 9.17) is 0 Å². The summed E-state index contributed by atoms with van der Waals surface area (Å²) in [6, 6.07) is 3.43. The number of nitrogens with zero attached hydrogens (tertiary/aromatic N) is 3. The highest BCUT2D eigenvalue weighted by Crippen LogP contribution is 2.38. The Morgan fingerprint density at radius 3 is 2.60 bits per heavy atom. The summed E-state index contributed by atoms with van der Waals surface area (Å²) in [5.74, 6) is -1.75. The zero-order valence-electron chi connectivity index (χ0n) is 14.0. The van der Waals surface area contributed by atoms with Crippen LogP contribution in [0.1, 0.15) is 37.7 Å². The molecule has 0 saturated heterocycles. The van der Waals surface area contributed by atoms with Gasteiger partial charge in [-0.05, 0) is 18.9 Å². The van der Waals surface area contributed by atoms with Gasteiger partial charge in [-0.25, -0.2) is 18.3 Å². The van der Waals surface area contributed by atoms with Crippen LogP contribution < -0.4 is 11.0 Å². The van der Waals surface area contributed by atoms with Crippen LogP contribution in [0, 0.1) is 11.6 Å². The van der Waals surface area contributed by atoms with Gasteiger partial charge in [0.25, 0.3) is 0 Å². The molecule has 134 valence electrons. The zero-order chi connectivity index (χ0) is 18.0. The number of amides is 1. The number of halogens is 2. The van der Waals surface area contributed by atoms with E-state index in [-0.39, 0.29) is 12.1 Å². The molecule has 2 aromatic rings. The fourth-order valence-electron chi connectivity index (χ4n) is 3.47. The van der Waals surface area contributed by atoms with Gasteiger partial charge in [-0.1, -0.05) is 25.3 Å². The van der Waals surface area contributed by atoms with Gasteiger partial charge in [-0.3, -0.25) is 9.36 Å². The number of carbonyl (C=O) groups is 1. The Balaban J connectivity index is 1.87. The second-order valence-corrected chi connectivity index (χ2v) is 6.50. The van der Waals surface area contributed by atoms with Crippen molar-refractivity contribution in [1.29, 1.82) is 0 Å². The van der Waals surface area contributed by atoms with E-state index < -0.39 is 28.8 Å². The number of rotatable bonds is 4. The molecule has 1 saturated carbocycles. The summed E-state index contributed by atoms with van der Waals surface area (Å²) >= 11 is 0. The van der Waals surface area contributed by atoms with Crippen LogP contribution in [0.25, 0.3) is 0 Å². The lowest BCUT2D eigenvalue weighted by molar-refractivity contribution is -0.124. The number of hydrogen-bond acceptors (Lipinski definition) is 3. The monoisotopic (exact) mass is 350 g/mol. The second-order valence-electron chi connectivity index (χ2n) is 6.50. The highest BCUT2D eigenvalue weighted by Gasteiger charge is 2.37. The van der Waals surface area contributed by atoms with Crippen LogP contribution in [-0.4, -0.2) is 20.3 Å². The van der Waals surface area contributed by atoms with Crippen molar-refractivity contribution in [3.8, 4) is 0 Å². The molecule has 3 rings (SSSR count). The van der Waals surface area contributed by atoms with Crippen molar-refractivity contribution in [3.63, 3.8) is 0 Å². The van der Waals surface area contributed by atoms with Crippen molar-refractivity contribution in [3.05, 3.63) is 52.2 Å². The quantitative estimate of drug-likeness (QED) is 0.915. The summed E-state index contributed by atoms with van der Waals surface area (Å²) in [6.07, 6.45) is 5.13. The molecule has 1 fully saturated rings. The van der Waals surface area contributed by atoms with Crippen LogP contribution in [0.5, 0.6) is 0 Å². The standard InChI is InChI=1S/C17H20F2N4O2/c1-22-11-20-23(16(22)25)10-15(24)21-17(7-3-2-4-8-17)13-6-5-12(18)9-14(13)19/h5-6,9,11H,2-4,7-8,10H2,1H3,(H,21,24). The Morgan fingerprint density at radius 1 is 1.28 bits per heavy atom. The molecular formula is C17H20F2N4O2. The van der Waals surface area contributed by atoms with E-state index in [1.165, 1.54) is 23.0 Å². The maximum absolute atomic E-state index is 14.4. The van der Waals surface area contributed by atoms with E-state index >= 15 is 0 Å². The molecule has 1 aromatic carbocycles. The van der Waals surface area contributed by atoms with Crippen LogP contribution in [-0.2, 0) is 23.9 Å². The molecule has 0 unspecified atom stereocenters. The number of carbonyl (C=O) groups excluding carboxylic acids is 1. The molecule has 1 N–H and O–H groups in total. The van der Waals surface area contributed by atoms with E-state index in [9.17, 15) is 18.4 Å². The topological polar surface area (TPSA) is 68.9 Å². The van der Waals surface area contributed by atoms with Gasteiger partial charge in [0.05, 0.1) is 5.54 Å². The molecule has 25 heavy (non-hydrogen) atoms. The van der Waals surface area contributed by atoms with E-state index in [0.29, 0.717) is 12.8 Å². The first-order chi connectivity index (χ1) is 11.9. The molecule has 0 spiro atoms. The molecule has 1 aliphatic carbocycles. The lowest BCUT2D eigenvalue weighted by Gasteiger charge is -2.39. The molecule has 8 heteroatoms. The van der Waals surface area contributed by atoms with Gasteiger partial charge in [0.1, 0.15) is 24.5 Å². The van der Waals surface area contributed by atoms with Crippen molar-refractivity contribution in [1.82, 2.24) is 19.7 Å². The van der Waals surface area contributed by atoms with E-state index in [1.807, 2.05) is 0 Å². The number of benzene rings is 1. The van der Waals surface area contributed by atoms with E-state index in [0.717, 1.165) is 30.0 Å². The van der Waals surface area contributed by atoms with Gasteiger partial charge < -0.3 is 5.32 Å². The number of nitrogens with one attached hydrogen (secondary N) is 1. The minimum atomic E-state index is -0.883. The van der Waals surface area contributed by atoms with Crippen molar-refractivity contribution in [2.24, 2.45) is 7.05 Å². The Hall–Kier alpha value is -2.51. The molecule has 0 bridgehead atoms. The van der Waals surface area contributed by atoms with Gasteiger partial charge in [0.15, 0.2) is 0 Å². The third-order valence-electron chi connectivity index (χ3n) is 4.71. The van der Waals surface area contributed by atoms with Gasteiger partial charge in [-0.15, -0.1) is 0 Å². The maximum atomic E-state index is 14.4. The summed E-state index contributed by atoms with van der Waals surface area (Å²) in [5, 5.41) is 6.74. The highest BCUT2D eigenvalue weighted by atomic mass is 19.1. The first-order valence-electron chi connectivity index (χ1n) is 8.26. The molecule has 0 atom stereocenters. The van der Waals surface area contributed by atoms with E-state index in [1.54, 1.807) is 7.05 Å². The Bertz CT molecular complexity index is 837. The molecule has 1 heterocycles. The Morgan fingerprint density at radius 2 is 2.00 bits per heavy atom. The van der Waals surface area contributed by atoms with Crippen LogP contribution >= 0.6 is 0 Å². The van der Waals surface area contributed by atoms with Gasteiger partial charge in [0, 0.05) is 18.7 Å². The molecular weight excluding hydrogens is 330 g/mol. The summed E-state index contributed by atoms with van der Waals surface area (Å²) in [6.45, 7) is -0.246. The van der Waals surface area contributed by atoms with Crippen LogP contribution in [0.3, 0.4) is 0 Å². The maximum Gasteiger partial charge on any atom is 0.345 e. The molecule has 1 amide bonds. The molecule has 1 aliphatic rings. The summed E-state index contributed by atoms with van der Waals surface area (Å²) in [4.78, 5) is 24.3. The fourth-order valence-corrected chi connectivity index (χ4v) is 3.47. The predicted octanol–water partition coefficient (Wildman–Crippen LogP) is 1.84. The summed E-state index contributed by atoms with van der Waals surface area (Å²) < 4.78 is 29.9. The molecule has 6 nitrogen and oxygen atoms in total. The number of aryl methyl sites for hydroxylation is 1. The fraction of sp³-hybridized carbons (Fsp3) is 0.471. The summed E-state index contributed by atoms with van der Waals surface area (Å²) in [7, 11) is 1.54. The van der Waals surface area contributed by atoms with Crippen LogP contribution in [0.15, 0.2) is 29.3 Å². The van der Waals surface area contributed by atoms with Crippen molar-refractivity contribution in [2.45, 2.75) is 44.2 Å². The number of hydrogen-bond donors (Lipinski definition) is 1. The highest BCUT2D eigenvalue weighted by molar-refractivity contribution is 5.76. The zero-order valence-corrected chi connectivity index (χ0v) is 14.0. The smallest absolute Gasteiger partial charge is 0.345 e. The largest absolute Gasteiger partial charge is 0.345 e. The molecule has 0 radical (unpaired) electrons. The second kappa shape index (κ2) is 6.78. The van der Waals surface area contributed by atoms with Gasteiger partial charge in [-0.2, -0.15) is 5.10 Å². The lowest BCUT2D eigenvalue weighted by atomic mass is 9.76.